The van der Waals surface area contributed by atoms with E-state index < -0.39 is 10.0 Å². The predicted octanol–water partition coefficient (Wildman–Crippen LogP) is 2.37. The van der Waals surface area contributed by atoms with Gasteiger partial charge < -0.3 is 5.73 Å². The van der Waals surface area contributed by atoms with Crippen molar-refractivity contribution < 1.29 is 8.42 Å². The molecule has 1 fully saturated rings. The Morgan fingerprint density at radius 1 is 1.29 bits per heavy atom. The Labute approximate surface area is 132 Å². The first-order valence-electron chi connectivity index (χ1n) is 7.18. The van der Waals surface area contributed by atoms with Crippen LogP contribution in [0.2, 0.25) is 0 Å². The lowest BCUT2D eigenvalue weighted by Gasteiger charge is -2.23. The third-order valence-electron chi connectivity index (χ3n) is 4.11. The smallest absolute Gasteiger partial charge is 0.240 e. The highest BCUT2D eigenvalue weighted by Gasteiger charge is 2.30. The third-order valence-corrected chi connectivity index (χ3v) is 5.67. The van der Waals surface area contributed by atoms with E-state index in [4.69, 9.17) is 18.0 Å². The van der Waals surface area contributed by atoms with Crippen LogP contribution in [0, 0.1) is 5.41 Å². The van der Waals surface area contributed by atoms with E-state index in [9.17, 15) is 8.42 Å². The van der Waals surface area contributed by atoms with Gasteiger partial charge >= 0.3 is 0 Å². The Balaban J connectivity index is 2.03. The topological polar surface area (TPSA) is 72.2 Å². The van der Waals surface area contributed by atoms with Gasteiger partial charge in [-0.15, -0.1) is 0 Å². The summed E-state index contributed by atoms with van der Waals surface area (Å²) in [7, 11) is -3.45. The van der Waals surface area contributed by atoms with Crippen LogP contribution in [0.5, 0.6) is 0 Å². The van der Waals surface area contributed by atoms with Crippen molar-refractivity contribution >= 4 is 27.2 Å². The van der Waals surface area contributed by atoms with Gasteiger partial charge in [0.2, 0.25) is 10.0 Å². The molecule has 0 unspecified atom stereocenters. The maximum Gasteiger partial charge on any atom is 0.240 e. The van der Waals surface area contributed by atoms with E-state index >= 15 is 0 Å². The van der Waals surface area contributed by atoms with E-state index in [1.807, 2.05) is 0 Å². The standard InChI is InChI=1S/C15H22N2O2S2/c1-15(8-2-3-9-15)11-17-21(18,19)13-6-4-12(5-7-13)10-14(16)20/h4-7,17H,2-3,8-11H2,1H3,(H2,16,20). The zero-order chi connectivity index (χ0) is 15.5. The SMILES string of the molecule is CC1(CNS(=O)(=O)c2ccc(CC(N)=S)cc2)CCCC1. The van der Waals surface area contributed by atoms with E-state index in [0.717, 1.165) is 18.4 Å². The fourth-order valence-corrected chi connectivity index (χ4v) is 4.11. The van der Waals surface area contributed by atoms with Gasteiger partial charge in [-0.1, -0.05) is 44.1 Å². The van der Waals surface area contributed by atoms with Crippen molar-refractivity contribution in [3.05, 3.63) is 29.8 Å². The Kier molecular flexibility index (Phi) is 5.01. The van der Waals surface area contributed by atoms with Gasteiger partial charge in [-0.3, -0.25) is 0 Å². The molecule has 1 aliphatic carbocycles. The molecular formula is C15H22N2O2S2. The minimum absolute atomic E-state index is 0.0960. The molecule has 0 spiro atoms. The lowest BCUT2D eigenvalue weighted by Crippen LogP contribution is -2.34. The lowest BCUT2D eigenvalue weighted by molar-refractivity contribution is 0.336. The molecule has 6 heteroatoms. The zero-order valence-electron chi connectivity index (χ0n) is 12.3. The van der Waals surface area contributed by atoms with Crippen LogP contribution in [0.3, 0.4) is 0 Å². The minimum atomic E-state index is -3.45. The first-order valence-corrected chi connectivity index (χ1v) is 9.07. The van der Waals surface area contributed by atoms with Gasteiger partial charge in [-0.25, -0.2) is 13.1 Å². The molecule has 0 bridgehead atoms. The molecule has 3 N–H and O–H groups in total. The van der Waals surface area contributed by atoms with Crippen LogP contribution in [0.1, 0.15) is 38.2 Å². The molecule has 0 amide bonds. The van der Waals surface area contributed by atoms with Crippen molar-refractivity contribution in [2.24, 2.45) is 11.1 Å². The predicted molar refractivity (Wildman–Crippen MR) is 88.7 cm³/mol. The Morgan fingerprint density at radius 2 is 1.86 bits per heavy atom. The van der Waals surface area contributed by atoms with Crippen molar-refractivity contribution in [1.29, 1.82) is 0 Å². The zero-order valence-corrected chi connectivity index (χ0v) is 13.9. The molecule has 2 rings (SSSR count). The van der Waals surface area contributed by atoms with Crippen LogP contribution < -0.4 is 10.5 Å². The number of benzene rings is 1. The maximum atomic E-state index is 12.3. The summed E-state index contributed by atoms with van der Waals surface area (Å²) in [5.74, 6) is 0. The van der Waals surface area contributed by atoms with Gasteiger partial charge in [0.15, 0.2) is 0 Å². The van der Waals surface area contributed by atoms with Gasteiger partial charge in [-0.05, 0) is 36.0 Å². The van der Waals surface area contributed by atoms with Gasteiger partial charge in [0.25, 0.3) is 0 Å². The van der Waals surface area contributed by atoms with Crippen LogP contribution in [-0.2, 0) is 16.4 Å². The van der Waals surface area contributed by atoms with E-state index in [2.05, 4.69) is 11.6 Å². The monoisotopic (exact) mass is 326 g/mol. The van der Waals surface area contributed by atoms with Crippen LogP contribution >= 0.6 is 12.2 Å². The average molecular weight is 326 g/mol. The molecular weight excluding hydrogens is 304 g/mol. The fraction of sp³-hybridized carbons (Fsp3) is 0.533. The molecule has 0 aliphatic heterocycles. The molecule has 4 nitrogen and oxygen atoms in total. The van der Waals surface area contributed by atoms with E-state index in [1.165, 1.54) is 12.8 Å². The van der Waals surface area contributed by atoms with E-state index in [-0.39, 0.29) is 10.3 Å². The summed E-state index contributed by atoms with van der Waals surface area (Å²) < 4.78 is 27.3. The van der Waals surface area contributed by atoms with Crippen LogP contribution in [0.15, 0.2) is 29.2 Å². The first kappa shape index (κ1) is 16.4. The lowest BCUT2D eigenvalue weighted by atomic mass is 9.89. The number of nitrogens with one attached hydrogen (secondary N) is 1. The van der Waals surface area contributed by atoms with Crippen molar-refractivity contribution in [2.45, 2.75) is 43.9 Å². The van der Waals surface area contributed by atoms with Crippen molar-refractivity contribution in [1.82, 2.24) is 4.72 Å². The molecule has 1 aromatic carbocycles. The fourth-order valence-electron chi connectivity index (χ4n) is 2.75. The minimum Gasteiger partial charge on any atom is -0.393 e. The number of rotatable bonds is 6. The highest BCUT2D eigenvalue weighted by Crippen LogP contribution is 2.36. The van der Waals surface area contributed by atoms with Gasteiger partial charge in [0, 0.05) is 13.0 Å². The van der Waals surface area contributed by atoms with Crippen molar-refractivity contribution in [3.63, 3.8) is 0 Å². The summed E-state index contributed by atoms with van der Waals surface area (Å²) in [4.78, 5) is 0.689. The largest absolute Gasteiger partial charge is 0.393 e. The van der Waals surface area contributed by atoms with Crippen molar-refractivity contribution in [3.8, 4) is 0 Å². The maximum absolute atomic E-state index is 12.3. The molecule has 0 atom stereocenters. The molecule has 116 valence electrons. The number of nitrogens with two attached hydrogens (primary N) is 1. The molecule has 0 heterocycles. The summed E-state index contributed by atoms with van der Waals surface area (Å²) in [5, 5.41) is 0. The second-order valence-electron chi connectivity index (χ2n) is 6.13. The number of thiocarbonyl (C=S) groups is 1. The highest BCUT2D eigenvalue weighted by molar-refractivity contribution is 7.89. The highest BCUT2D eigenvalue weighted by atomic mass is 32.2. The second kappa shape index (κ2) is 6.42. The Hall–Kier alpha value is -0.980. The van der Waals surface area contributed by atoms with Crippen LogP contribution in [-0.4, -0.2) is 20.0 Å². The Bertz CT molecular complexity index is 603. The van der Waals surface area contributed by atoms with Gasteiger partial charge in [-0.2, -0.15) is 0 Å². The Morgan fingerprint density at radius 3 is 2.38 bits per heavy atom. The van der Waals surface area contributed by atoms with E-state index in [1.54, 1.807) is 24.3 Å². The second-order valence-corrected chi connectivity index (χ2v) is 8.42. The van der Waals surface area contributed by atoms with Crippen LogP contribution in [0.25, 0.3) is 0 Å². The summed E-state index contributed by atoms with van der Waals surface area (Å²) in [6.07, 6.45) is 5.03. The molecule has 0 saturated heterocycles. The van der Waals surface area contributed by atoms with E-state index in [0.29, 0.717) is 18.0 Å². The third kappa shape index (κ3) is 4.49. The number of hydrogen-bond acceptors (Lipinski definition) is 3. The summed E-state index contributed by atoms with van der Waals surface area (Å²) in [5.41, 5.74) is 6.50. The molecule has 1 aromatic rings. The summed E-state index contributed by atoms with van der Waals surface area (Å²) in [6, 6.07) is 6.72. The number of sulfonamides is 1. The first-order chi connectivity index (χ1) is 9.81. The molecule has 1 saturated carbocycles. The quantitative estimate of drug-likeness (QED) is 0.787. The molecule has 0 aromatic heterocycles. The van der Waals surface area contributed by atoms with Crippen LogP contribution in [0.4, 0.5) is 0 Å². The summed E-state index contributed by atoms with van der Waals surface area (Å²) in [6.45, 7) is 2.65. The van der Waals surface area contributed by atoms with Crippen molar-refractivity contribution in [2.75, 3.05) is 6.54 Å². The molecule has 1 aliphatic rings. The molecule has 21 heavy (non-hydrogen) atoms. The van der Waals surface area contributed by atoms with Gasteiger partial charge in [0.1, 0.15) is 0 Å². The normalized spacial score (nSPS) is 17.8. The summed E-state index contributed by atoms with van der Waals surface area (Å²) >= 11 is 4.85. The molecule has 0 radical (unpaired) electrons. The number of hydrogen-bond donors (Lipinski definition) is 2. The average Bonchev–Trinajstić information content (AvgIpc) is 2.84. The van der Waals surface area contributed by atoms with Gasteiger partial charge in [0.05, 0.1) is 9.88 Å².